The van der Waals surface area contributed by atoms with Gasteiger partial charge in [0, 0.05) is 0 Å². The topological polar surface area (TPSA) is 21.3 Å². The lowest BCUT2D eigenvalue weighted by Gasteiger charge is -2.27. The largest absolute Gasteiger partial charge is 0.373 e. The highest BCUT2D eigenvalue weighted by molar-refractivity contribution is 5.30. The Labute approximate surface area is 104 Å². The normalized spacial score (nSPS) is 20.9. The van der Waals surface area contributed by atoms with E-state index in [1.54, 1.807) is 0 Å². The van der Waals surface area contributed by atoms with Gasteiger partial charge in [-0.3, -0.25) is 0 Å². The third-order valence-electron chi connectivity index (χ3n) is 3.57. The SMILES string of the molecule is CNCC(C)CCC1OCCc2ccccc21. The molecular formula is C15H23NO. The van der Waals surface area contributed by atoms with Gasteiger partial charge in [-0.1, -0.05) is 31.2 Å². The number of benzene rings is 1. The van der Waals surface area contributed by atoms with Gasteiger partial charge in [0.25, 0.3) is 0 Å². The van der Waals surface area contributed by atoms with Crippen LogP contribution in [0.25, 0.3) is 0 Å². The van der Waals surface area contributed by atoms with Crippen molar-refractivity contribution in [1.29, 1.82) is 0 Å². The van der Waals surface area contributed by atoms with Crippen molar-refractivity contribution in [3.05, 3.63) is 35.4 Å². The standard InChI is InChI=1S/C15H23NO/c1-12(11-16-2)7-8-15-14-6-4-3-5-13(14)9-10-17-15/h3-6,12,15-16H,7-11H2,1-2H3. The number of hydrogen-bond acceptors (Lipinski definition) is 2. The molecule has 1 aromatic rings. The highest BCUT2D eigenvalue weighted by atomic mass is 16.5. The molecule has 0 aliphatic carbocycles. The van der Waals surface area contributed by atoms with Crippen LogP contribution >= 0.6 is 0 Å². The van der Waals surface area contributed by atoms with E-state index in [1.807, 2.05) is 7.05 Å². The van der Waals surface area contributed by atoms with Crippen molar-refractivity contribution < 1.29 is 4.74 Å². The van der Waals surface area contributed by atoms with E-state index in [1.165, 1.54) is 17.5 Å². The minimum Gasteiger partial charge on any atom is -0.373 e. The molecule has 1 aromatic carbocycles. The highest BCUT2D eigenvalue weighted by Gasteiger charge is 2.20. The summed E-state index contributed by atoms with van der Waals surface area (Å²) in [6.45, 7) is 4.27. The number of fused-ring (bicyclic) bond motifs is 1. The molecule has 0 amide bonds. The zero-order valence-electron chi connectivity index (χ0n) is 10.9. The van der Waals surface area contributed by atoms with Gasteiger partial charge in [0.2, 0.25) is 0 Å². The summed E-state index contributed by atoms with van der Waals surface area (Å²) in [7, 11) is 2.02. The molecule has 2 unspecified atom stereocenters. The van der Waals surface area contributed by atoms with Gasteiger partial charge in [0.15, 0.2) is 0 Å². The summed E-state index contributed by atoms with van der Waals surface area (Å²) in [6, 6.07) is 8.71. The molecule has 17 heavy (non-hydrogen) atoms. The van der Waals surface area contributed by atoms with E-state index in [9.17, 15) is 0 Å². The highest BCUT2D eigenvalue weighted by Crippen LogP contribution is 2.31. The van der Waals surface area contributed by atoms with Crippen LogP contribution in [0.3, 0.4) is 0 Å². The number of hydrogen-bond donors (Lipinski definition) is 1. The first-order valence-electron chi connectivity index (χ1n) is 6.65. The Bertz CT molecular complexity index is 351. The third kappa shape index (κ3) is 3.30. The minimum atomic E-state index is 0.319. The number of rotatable bonds is 5. The lowest BCUT2D eigenvalue weighted by atomic mass is 9.92. The van der Waals surface area contributed by atoms with Crippen LogP contribution in [0.15, 0.2) is 24.3 Å². The number of ether oxygens (including phenoxy) is 1. The van der Waals surface area contributed by atoms with Crippen molar-refractivity contribution in [2.24, 2.45) is 5.92 Å². The number of nitrogens with one attached hydrogen (secondary N) is 1. The average Bonchev–Trinajstić information content (AvgIpc) is 2.36. The average molecular weight is 233 g/mol. The van der Waals surface area contributed by atoms with Gasteiger partial charge in [-0.25, -0.2) is 0 Å². The van der Waals surface area contributed by atoms with Gasteiger partial charge in [-0.15, -0.1) is 0 Å². The van der Waals surface area contributed by atoms with Crippen LogP contribution in [-0.2, 0) is 11.2 Å². The Morgan fingerprint density at radius 1 is 1.41 bits per heavy atom. The van der Waals surface area contributed by atoms with E-state index >= 15 is 0 Å². The molecule has 2 atom stereocenters. The maximum Gasteiger partial charge on any atom is 0.0827 e. The van der Waals surface area contributed by atoms with Crippen molar-refractivity contribution in [3.8, 4) is 0 Å². The summed E-state index contributed by atoms with van der Waals surface area (Å²) >= 11 is 0. The van der Waals surface area contributed by atoms with Gasteiger partial charge in [0.1, 0.15) is 0 Å². The third-order valence-corrected chi connectivity index (χ3v) is 3.57. The van der Waals surface area contributed by atoms with Crippen LogP contribution in [0.1, 0.15) is 37.0 Å². The summed E-state index contributed by atoms with van der Waals surface area (Å²) in [6.07, 6.45) is 3.75. The molecule has 2 rings (SSSR count). The first-order chi connectivity index (χ1) is 8.31. The molecule has 1 N–H and O–H groups in total. The predicted octanol–water partition coefficient (Wildman–Crippen LogP) is 2.94. The second kappa shape index (κ2) is 6.18. The van der Waals surface area contributed by atoms with Crippen molar-refractivity contribution in [2.45, 2.75) is 32.3 Å². The van der Waals surface area contributed by atoms with E-state index in [-0.39, 0.29) is 0 Å². The van der Waals surface area contributed by atoms with Crippen molar-refractivity contribution >= 4 is 0 Å². The molecule has 0 fully saturated rings. The monoisotopic (exact) mass is 233 g/mol. The zero-order chi connectivity index (χ0) is 12.1. The molecule has 0 saturated heterocycles. The molecule has 0 bridgehead atoms. The van der Waals surface area contributed by atoms with Crippen LogP contribution in [0.2, 0.25) is 0 Å². The van der Waals surface area contributed by atoms with E-state index in [0.29, 0.717) is 6.10 Å². The minimum absolute atomic E-state index is 0.319. The smallest absolute Gasteiger partial charge is 0.0827 e. The van der Waals surface area contributed by atoms with Crippen LogP contribution < -0.4 is 5.32 Å². The molecule has 2 heteroatoms. The fourth-order valence-corrected chi connectivity index (χ4v) is 2.60. The molecule has 0 spiro atoms. The molecule has 0 aromatic heterocycles. The predicted molar refractivity (Wildman–Crippen MR) is 71.2 cm³/mol. The van der Waals surface area contributed by atoms with Crippen molar-refractivity contribution in [3.63, 3.8) is 0 Å². The Kier molecular flexibility index (Phi) is 4.57. The second-order valence-corrected chi connectivity index (χ2v) is 5.05. The molecule has 0 saturated carbocycles. The fourth-order valence-electron chi connectivity index (χ4n) is 2.60. The maximum absolute atomic E-state index is 5.91. The van der Waals surface area contributed by atoms with Crippen LogP contribution in [-0.4, -0.2) is 20.2 Å². The maximum atomic E-state index is 5.91. The van der Waals surface area contributed by atoms with Gasteiger partial charge in [-0.2, -0.15) is 0 Å². The lowest BCUT2D eigenvalue weighted by molar-refractivity contribution is 0.0327. The summed E-state index contributed by atoms with van der Waals surface area (Å²) in [5.41, 5.74) is 2.89. The summed E-state index contributed by atoms with van der Waals surface area (Å²) in [5, 5.41) is 3.23. The van der Waals surface area contributed by atoms with Crippen LogP contribution in [0.4, 0.5) is 0 Å². The summed E-state index contributed by atoms with van der Waals surface area (Å²) in [4.78, 5) is 0. The molecular weight excluding hydrogens is 210 g/mol. The molecule has 2 nitrogen and oxygen atoms in total. The second-order valence-electron chi connectivity index (χ2n) is 5.05. The summed E-state index contributed by atoms with van der Waals surface area (Å²) < 4.78 is 5.91. The Balaban J connectivity index is 1.94. The fraction of sp³-hybridized carbons (Fsp3) is 0.600. The Morgan fingerprint density at radius 3 is 3.06 bits per heavy atom. The van der Waals surface area contributed by atoms with Crippen LogP contribution in [0.5, 0.6) is 0 Å². The molecule has 1 heterocycles. The van der Waals surface area contributed by atoms with Crippen molar-refractivity contribution in [1.82, 2.24) is 5.32 Å². The van der Waals surface area contributed by atoms with Gasteiger partial charge >= 0.3 is 0 Å². The molecule has 0 radical (unpaired) electrons. The summed E-state index contributed by atoms with van der Waals surface area (Å²) in [5.74, 6) is 0.720. The van der Waals surface area contributed by atoms with Gasteiger partial charge in [-0.05, 0) is 49.9 Å². The lowest BCUT2D eigenvalue weighted by Crippen LogP contribution is -2.20. The van der Waals surface area contributed by atoms with Crippen LogP contribution in [0, 0.1) is 5.92 Å². The van der Waals surface area contributed by atoms with Gasteiger partial charge < -0.3 is 10.1 Å². The van der Waals surface area contributed by atoms with E-state index in [0.717, 1.165) is 31.9 Å². The van der Waals surface area contributed by atoms with E-state index in [4.69, 9.17) is 4.74 Å². The first-order valence-corrected chi connectivity index (χ1v) is 6.65. The Morgan fingerprint density at radius 2 is 2.24 bits per heavy atom. The van der Waals surface area contributed by atoms with Crippen molar-refractivity contribution in [2.75, 3.05) is 20.2 Å². The van der Waals surface area contributed by atoms with E-state index < -0.39 is 0 Å². The molecule has 94 valence electrons. The Hall–Kier alpha value is -0.860. The molecule has 1 aliphatic heterocycles. The first kappa shape index (κ1) is 12.6. The van der Waals surface area contributed by atoms with Gasteiger partial charge in [0.05, 0.1) is 12.7 Å². The quantitative estimate of drug-likeness (QED) is 0.844. The molecule has 1 aliphatic rings. The zero-order valence-corrected chi connectivity index (χ0v) is 10.9. The van der Waals surface area contributed by atoms with E-state index in [2.05, 4.69) is 36.5 Å².